The van der Waals surface area contributed by atoms with E-state index in [1.165, 1.54) is 20.4 Å². The molecule has 11 heteroatoms. The topological polar surface area (TPSA) is 127 Å². The van der Waals surface area contributed by atoms with Gasteiger partial charge >= 0.3 is 0 Å². The highest BCUT2D eigenvalue weighted by molar-refractivity contribution is 6.09. The van der Waals surface area contributed by atoms with Crippen LogP contribution >= 0.6 is 0 Å². The number of methoxy groups -OCH3 is 1. The molecule has 0 spiro atoms. The van der Waals surface area contributed by atoms with Gasteiger partial charge in [-0.05, 0) is 55.4 Å². The maximum Gasteiger partial charge on any atom is 0.272 e. The van der Waals surface area contributed by atoms with Crippen molar-refractivity contribution in [1.82, 2.24) is 25.1 Å². The third-order valence-electron chi connectivity index (χ3n) is 7.17. The van der Waals surface area contributed by atoms with E-state index in [9.17, 15) is 14.4 Å². The molecule has 232 valence electrons. The third-order valence-corrected chi connectivity index (χ3v) is 7.17. The first-order valence-electron chi connectivity index (χ1n) is 14.2. The Morgan fingerprint density at radius 1 is 1.00 bits per heavy atom. The largest absolute Gasteiger partial charge is 0.494 e. The Bertz CT molecular complexity index is 1700. The number of benzene rings is 2. The number of para-hydroxylation sites is 1. The van der Waals surface area contributed by atoms with Gasteiger partial charge < -0.3 is 34.9 Å². The maximum atomic E-state index is 13.8. The molecule has 3 N–H and O–H groups in total. The van der Waals surface area contributed by atoms with Crippen molar-refractivity contribution in [2.45, 2.75) is 26.2 Å². The van der Waals surface area contributed by atoms with Crippen LogP contribution in [-0.4, -0.2) is 73.5 Å². The fourth-order valence-corrected chi connectivity index (χ4v) is 4.75. The highest BCUT2D eigenvalue weighted by Crippen LogP contribution is 2.37. The highest BCUT2D eigenvalue weighted by atomic mass is 16.5. The Kier molecular flexibility index (Phi) is 9.59. The van der Waals surface area contributed by atoms with E-state index < -0.39 is 0 Å². The first-order chi connectivity index (χ1) is 20.8. The number of likely N-dealkylation sites (N-methyl/N-ethyl adjacent to an activating group) is 1. The van der Waals surface area contributed by atoms with E-state index in [0.29, 0.717) is 47.1 Å². The van der Waals surface area contributed by atoms with Crippen molar-refractivity contribution >= 4 is 34.3 Å². The molecule has 0 atom stereocenters. The number of aromatic nitrogens is 2. The average molecular weight is 601 g/mol. The van der Waals surface area contributed by atoms with E-state index in [4.69, 9.17) is 9.47 Å². The van der Waals surface area contributed by atoms with Gasteiger partial charge in [-0.2, -0.15) is 0 Å². The molecular weight excluding hydrogens is 560 g/mol. The number of hydrogen-bond acceptors (Lipinski definition) is 7. The van der Waals surface area contributed by atoms with Gasteiger partial charge in [0.1, 0.15) is 17.1 Å². The van der Waals surface area contributed by atoms with E-state index in [1.54, 1.807) is 35.9 Å². The summed E-state index contributed by atoms with van der Waals surface area (Å²) in [6.07, 6.45) is 1.50. The fraction of sp³-hybridized carbons (Fsp3) is 0.333. The van der Waals surface area contributed by atoms with E-state index in [0.717, 1.165) is 10.9 Å². The number of nitrogens with one attached hydrogen (secondary N) is 3. The second-order valence-electron chi connectivity index (χ2n) is 11.7. The number of pyridine rings is 1. The van der Waals surface area contributed by atoms with Crippen LogP contribution in [0, 0.1) is 0 Å². The van der Waals surface area contributed by atoms with Gasteiger partial charge in [0.15, 0.2) is 11.5 Å². The summed E-state index contributed by atoms with van der Waals surface area (Å²) >= 11 is 0. The van der Waals surface area contributed by atoms with Crippen molar-refractivity contribution in [1.29, 1.82) is 0 Å². The summed E-state index contributed by atoms with van der Waals surface area (Å²) in [5, 5.41) is 9.27. The standard InChI is InChI=1S/C33H40N6O5/c1-33(2,3)21-17-23(30(40)36-14-15-38(5)6)29(43-8)24(18-21)37-32(42)26-16-20-10-9-11-27(28(20)39(26)7)44-22-12-13-35-25(19-22)31(41)34-4/h9-13,16-19H,14-15H2,1-8H3,(H,34,41)(H,36,40)(H,37,42). The number of amides is 3. The van der Waals surface area contributed by atoms with Crippen molar-refractivity contribution in [3.05, 3.63) is 77.2 Å². The fourth-order valence-electron chi connectivity index (χ4n) is 4.75. The molecule has 0 unspecified atom stereocenters. The lowest BCUT2D eigenvalue weighted by Crippen LogP contribution is -2.32. The predicted octanol–water partition coefficient (Wildman–Crippen LogP) is 4.58. The number of nitrogens with zero attached hydrogens (tertiary/aromatic N) is 3. The number of ether oxygens (including phenoxy) is 2. The summed E-state index contributed by atoms with van der Waals surface area (Å²) in [7, 11) is 8.66. The maximum absolute atomic E-state index is 13.8. The summed E-state index contributed by atoms with van der Waals surface area (Å²) in [5.74, 6) is 0.212. The van der Waals surface area contributed by atoms with E-state index in [-0.39, 0.29) is 34.6 Å². The molecular formula is C33H40N6O5. The van der Waals surface area contributed by atoms with Gasteiger partial charge in [0, 0.05) is 44.8 Å². The van der Waals surface area contributed by atoms with Crippen LogP contribution in [0.25, 0.3) is 10.9 Å². The normalized spacial score (nSPS) is 11.4. The summed E-state index contributed by atoms with van der Waals surface area (Å²) in [6, 6.07) is 14.2. The highest BCUT2D eigenvalue weighted by Gasteiger charge is 2.25. The second kappa shape index (κ2) is 13.2. The van der Waals surface area contributed by atoms with Crippen LogP contribution in [0.3, 0.4) is 0 Å². The second-order valence-corrected chi connectivity index (χ2v) is 11.7. The number of fused-ring (bicyclic) bond motifs is 1. The third kappa shape index (κ3) is 7.00. The van der Waals surface area contributed by atoms with Crippen molar-refractivity contribution < 1.29 is 23.9 Å². The van der Waals surface area contributed by atoms with Crippen molar-refractivity contribution in [3.8, 4) is 17.2 Å². The molecule has 4 rings (SSSR count). The van der Waals surface area contributed by atoms with Gasteiger partial charge in [-0.3, -0.25) is 19.4 Å². The quantitative estimate of drug-likeness (QED) is 0.243. The van der Waals surface area contributed by atoms with Crippen LogP contribution in [0.5, 0.6) is 17.2 Å². The van der Waals surface area contributed by atoms with Crippen LogP contribution in [0.1, 0.15) is 57.7 Å². The predicted molar refractivity (Wildman–Crippen MR) is 171 cm³/mol. The van der Waals surface area contributed by atoms with Gasteiger partial charge in [0.05, 0.1) is 23.9 Å². The molecule has 3 amide bonds. The summed E-state index contributed by atoms with van der Waals surface area (Å²) in [5.41, 5.74) is 2.58. The first-order valence-corrected chi connectivity index (χ1v) is 14.2. The lowest BCUT2D eigenvalue weighted by Gasteiger charge is -2.23. The number of carbonyl (C=O) groups excluding carboxylic acids is 3. The molecule has 0 bridgehead atoms. The Morgan fingerprint density at radius 3 is 2.41 bits per heavy atom. The van der Waals surface area contributed by atoms with Crippen LogP contribution < -0.4 is 25.4 Å². The molecule has 0 aliphatic rings. The SMILES string of the molecule is CNC(=O)c1cc(Oc2cccc3cc(C(=O)Nc4cc(C(C)(C)C)cc(C(=O)NCCN(C)C)c4OC)n(C)c23)ccn1. The Balaban J connectivity index is 1.70. The van der Waals surface area contributed by atoms with Gasteiger partial charge in [0.25, 0.3) is 17.7 Å². The molecule has 4 aromatic rings. The van der Waals surface area contributed by atoms with Gasteiger partial charge in [-0.15, -0.1) is 0 Å². The molecule has 2 heterocycles. The zero-order chi connectivity index (χ0) is 32.2. The Morgan fingerprint density at radius 2 is 1.75 bits per heavy atom. The smallest absolute Gasteiger partial charge is 0.272 e. The van der Waals surface area contributed by atoms with Crippen molar-refractivity contribution in [2.24, 2.45) is 7.05 Å². The minimum absolute atomic E-state index is 0.223. The van der Waals surface area contributed by atoms with E-state index in [2.05, 4.69) is 20.9 Å². The van der Waals surface area contributed by atoms with E-state index >= 15 is 0 Å². The van der Waals surface area contributed by atoms with Crippen LogP contribution in [-0.2, 0) is 12.5 Å². The molecule has 0 aliphatic heterocycles. The van der Waals surface area contributed by atoms with Gasteiger partial charge in [0.2, 0.25) is 0 Å². The monoisotopic (exact) mass is 600 g/mol. The Labute approximate surface area is 257 Å². The van der Waals surface area contributed by atoms with Crippen LogP contribution in [0.2, 0.25) is 0 Å². The zero-order valence-electron chi connectivity index (χ0n) is 26.5. The molecule has 0 saturated heterocycles. The number of carbonyl (C=O) groups is 3. The summed E-state index contributed by atoms with van der Waals surface area (Å²) in [6.45, 7) is 7.27. The molecule has 2 aromatic heterocycles. The Hall–Kier alpha value is -4.90. The molecule has 11 nitrogen and oxygen atoms in total. The molecule has 0 fully saturated rings. The van der Waals surface area contributed by atoms with Crippen LogP contribution in [0.15, 0.2) is 54.7 Å². The molecule has 2 aromatic carbocycles. The number of anilines is 1. The minimum Gasteiger partial charge on any atom is -0.494 e. The number of rotatable bonds is 10. The number of hydrogen-bond donors (Lipinski definition) is 3. The number of aryl methyl sites for hydroxylation is 1. The van der Waals surface area contributed by atoms with Gasteiger partial charge in [-0.25, -0.2) is 0 Å². The molecule has 44 heavy (non-hydrogen) atoms. The van der Waals surface area contributed by atoms with E-state index in [1.807, 2.05) is 64.0 Å². The summed E-state index contributed by atoms with van der Waals surface area (Å²) in [4.78, 5) is 45.2. The minimum atomic E-state index is -0.385. The lowest BCUT2D eigenvalue weighted by atomic mass is 9.85. The molecule has 0 saturated carbocycles. The summed E-state index contributed by atoms with van der Waals surface area (Å²) < 4.78 is 13.6. The molecule has 0 aliphatic carbocycles. The molecule has 0 radical (unpaired) electrons. The van der Waals surface area contributed by atoms with Gasteiger partial charge in [-0.1, -0.05) is 32.9 Å². The van der Waals surface area contributed by atoms with Crippen molar-refractivity contribution in [3.63, 3.8) is 0 Å². The average Bonchev–Trinajstić information content (AvgIpc) is 3.33. The first kappa shape index (κ1) is 32.0. The van der Waals surface area contributed by atoms with Crippen LogP contribution in [0.4, 0.5) is 5.69 Å². The lowest BCUT2D eigenvalue weighted by molar-refractivity contribution is 0.0942. The zero-order valence-corrected chi connectivity index (χ0v) is 26.5. The van der Waals surface area contributed by atoms with Crippen molar-refractivity contribution in [2.75, 3.05) is 46.7 Å².